The summed E-state index contributed by atoms with van der Waals surface area (Å²) >= 11 is 15.1. The van der Waals surface area contributed by atoms with E-state index in [0.29, 0.717) is 12.3 Å². The molecule has 0 aromatic heterocycles. The summed E-state index contributed by atoms with van der Waals surface area (Å²) < 4.78 is 9.73. The van der Waals surface area contributed by atoms with Crippen LogP contribution in [0.1, 0.15) is 12.8 Å². The molecular formula is C6H6Cl3F. The van der Waals surface area contributed by atoms with E-state index in [1.165, 1.54) is 0 Å². The number of rotatable bonds is 2. The van der Waals surface area contributed by atoms with Gasteiger partial charge in [0.25, 0.3) is 0 Å². The largest absolute Gasteiger partial charge is 0.319 e. The van der Waals surface area contributed by atoms with Crippen LogP contribution in [0.2, 0.25) is 0 Å². The standard InChI is InChI=1S/C6H6Cl3F/c7-5-3-1-2-4-6(8,9)10/h1,3,5H2. The molecule has 0 aliphatic rings. The minimum Gasteiger partial charge on any atom is -0.193 e. The van der Waals surface area contributed by atoms with Crippen LogP contribution in [0.5, 0.6) is 0 Å². The lowest BCUT2D eigenvalue weighted by Gasteiger charge is -1.94. The Labute approximate surface area is 74.6 Å². The van der Waals surface area contributed by atoms with Gasteiger partial charge < -0.3 is 0 Å². The number of unbranched alkanes of at least 4 members (excludes halogenated alkanes) is 1. The van der Waals surface area contributed by atoms with Crippen LogP contribution < -0.4 is 0 Å². The fraction of sp³-hybridized carbons (Fsp3) is 0.667. The zero-order chi connectivity index (χ0) is 8.04. The SMILES string of the molecule is FC(Cl)(Cl)C#CCCCCl. The van der Waals surface area contributed by atoms with Crippen molar-refractivity contribution in [3.05, 3.63) is 0 Å². The molecule has 0 aliphatic heterocycles. The van der Waals surface area contributed by atoms with Gasteiger partial charge in [-0.3, -0.25) is 0 Å². The molecule has 0 saturated heterocycles. The Bertz CT molecular complexity index is 139. The van der Waals surface area contributed by atoms with Gasteiger partial charge in [0.1, 0.15) is 0 Å². The molecule has 0 nitrogen and oxygen atoms in total. The van der Waals surface area contributed by atoms with Gasteiger partial charge in [-0.1, -0.05) is 29.1 Å². The second-order valence-corrected chi connectivity index (χ2v) is 3.21. The summed E-state index contributed by atoms with van der Waals surface area (Å²) in [6.07, 6.45) is 1.24. The van der Waals surface area contributed by atoms with E-state index >= 15 is 0 Å². The summed E-state index contributed by atoms with van der Waals surface area (Å²) in [5.41, 5.74) is 0. The minimum absolute atomic E-state index is 0.512. The summed E-state index contributed by atoms with van der Waals surface area (Å²) in [5.74, 6) is 4.98. The zero-order valence-electron chi connectivity index (χ0n) is 5.13. The highest BCUT2D eigenvalue weighted by Crippen LogP contribution is 2.20. The van der Waals surface area contributed by atoms with Crippen molar-refractivity contribution in [2.45, 2.75) is 17.4 Å². The monoisotopic (exact) mass is 202 g/mol. The molecule has 0 saturated carbocycles. The third-order valence-corrected chi connectivity index (χ3v) is 1.12. The van der Waals surface area contributed by atoms with E-state index in [0.717, 1.165) is 6.42 Å². The van der Waals surface area contributed by atoms with E-state index in [4.69, 9.17) is 34.8 Å². The van der Waals surface area contributed by atoms with Crippen LogP contribution in [-0.2, 0) is 0 Å². The van der Waals surface area contributed by atoms with Crippen molar-refractivity contribution >= 4 is 34.8 Å². The highest BCUT2D eigenvalue weighted by Gasteiger charge is 2.16. The van der Waals surface area contributed by atoms with E-state index in [2.05, 4.69) is 5.92 Å². The highest BCUT2D eigenvalue weighted by molar-refractivity contribution is 6.49. The molecule has 0 rings (SSSR count). The summed E-state index contributed by atoms with van der Waals surface area (Å²) in [6, 6.07) is 0. The lowest BCUT2D eigenvalue weighted by molar-refractivity contribution is 0.476. The first-order valence-corrected chi connectivity index (χ1v) is 3.98. The molecular weight excluding hydrogens is 197 g/mol. The maximum atomic E-state index is 12.1. The van der Waals surface area contributed by atoms with Crippen molar-refractivity contribution in [1.29, 1.82) is 0 Å². The molecule has 0 aromatic rings. The zero-order valence-corrected chi connectivity index (χ0v) is 7.40. The van der Waals surface area contributed by atoms with Crippen LogP contribution in [0.15, 0.2) is 0 Å². The van der Waals surface area contributed by atoms with Gasteiger partial charge in [-0.05, 0) is 12.3 Å². The predicted octanol–water partition coefficient (Wildman–Crippen LogP) is 3.11. The van der Waals surface area contributed by atoms with Crippen molar-refractivity contribution in [1.82, 2.24) is 0 Å². The number of hydrogen-bond donors (Lipinski definition) is 0. The second-order valence-electron chi connectivity index (χ2n) is 1.59. The third kappa shape index (κ3) is 8.36. The van der Waals surface area contributed by atoms with Crippen LogP contribution in [0, 0.1) is 11.8 Å². The van der Waals surface area contributed by atoms with Gasteiger partial charge in [0, 0.05) is 12.3 Å². The van der Waals surface area contributed by atoms with E-state index in [1.807, 2.05) is 5.92 Å². The lowest BCUT2D eigenvalue weighted by atomic mass is 10.3. The van der Waals surface area contributed by atoms with Gasteiger partial charge in [-0.2, -0.15) is 4.39 Å². The average Bonchev–Trinajstić information content (AvgIpc) is 1.78. The molecule has 4 heteroatoms. The Morgan fingerprint density at radius 3 is 2.40 bits per heavy atom. The molecule has 0 heterocycles. The van der Waals surface area contributed by atoms with Gasteiger partial charge in [0.15, 0.2) is 0 Å². The van der Waals surface area contributed by atoms with Crippen LogP contribution in [0.25, 0.3) is 0 Å². The molecule has 0 unspecified atom stereocenters. The molecule has 0 N–H and O–H groups in total. The molecule has 0 fully saturated rings. The molecule has 10 heavy (non-hydrogen) atoms. The summed E-state index contributed by atoms with van der Waals surface area (Å²) in [6.45, 7) is 0. The molecule has 58 valence electrons. The van der Waals surface area contributed by atoms with Crippen molar-refractivity contribution in [2.24, 2.45) is 0 Å². The number of alkyl halides is 4. The molecule has 0 spiro atoms. The first kappa shape index (κ1) is 10.4. The Balaban J connectivity index is 3.50. The molecule has 0 radical (unpaired) electrons. The fourth-order valence-electron chi connectivity index (χ4n) is 0.318. The summed E-state index contributed by atoms with van der Waals surface area (Å²) in [4.78, 5) is 0. The maximum Gasteiger partial charge on any atom is 0.319 e. The van der Waals surface area contributed by atoms with Crippen LogP contribution >= 0.6 is 34.8 Å². The third-order valence-electron chi connectivity index (χ3n) is 0.666. The summed E-state index contributed by atoms with van der Waals surface area (Å²) in [5, 5.41) is 0. The number of halogens is 4. The maximum absolute atomic E-state index is 12.1. The molecule has 0 atom stereocenters. The topological polar surface area (TPSA) is 0 Å². The van der Waals surface area contributed by atoms with E-state index < -0.39 is 4.59 Å². The Morgan fingerprint density at radius 2 is 2.00 bits per heavy atom. The Hall–Kier alpha value is 0.360. The van der Waals surface area contributed by atoms with Gasteiger partial charge in [-0.15, -0.1) is 11.6 Å². The molecule has 0 aromatic carbocycles. The number of hydrogen-bond acceptors (Lipinski definition) is 0. The van der Waals surface area contributed by atoms with Gasteiger partial charge in [-0.25, -0.2) is 0 Å². The fourth-order valence-corrected chi connectivity index (χ4v) is 0.585. The van der Waals surface area contributed by atoms with Gasteiger partial charge in [0.2, 0.25) is 0 Å². The van der Waals surface area contributed by atoms with Crippen molar-refractivity contribution < 1.29 is 4.39 Å². The summed E-state index contributed by atoms with van der Waals surface area (Å²) in [7, 11) is 0. The lowest BCUT2D eigenvalue weighted by Crippen LogP contribution is -1.96. The molecule has 0 amide bonds. The Morgan fingerprint density at radius 1 is 1.40 bits per heavy atom. The second kappa shape index (κ2) is 5.07. The Kier molecular flexibility index (Phi) is 5.25. The smallest absolute Gasteiger partial charge is 0.193 e. The van der Waals surface area contributed by atoms with E-state index in [-0.39, 0.29) is 0 Å². The highest BCUT2D eigenvalue weighted by atomic mass is 35.5. The normalized spacial score (nSPS) is 10.4. The minimum atomic E-state index is -2.41. The van der Waals surface area contributed by atoms with Crippen LogP contribution in [-0.4, -0.2) is 10.5 Å². The van der Waals surface area contributed by atoms with Crippen LogP contribution in [0.3, 0.4) is 0 Å². The van der Waals surface area contributed by atoms with Gasteiger partial charge in [0.05, 0.1) is 0 Å². The van der Waals surface area contributed by atoms with Crippen molar-refractivity contribution in [2.75, 3.05) is 5.88 Å². The van der Waals surface area contributed by atoms with E-state index in [1.54, 1.807) is 0 Å². The van der Waals surface area contributed by atoms with E-state index in [9.17, 15) is 4.39 Å². The first-order chi connectivity index (χ1) is 4.56. The average molecular weight is 203 g/mol. The van der Waals surface area contributed by atoms with Crippen LogP contribution in [0.4, 0.5) is 4.39 Å². The molecule has 0 bridgehead atoms. The molecule has 0 aliphatic carbocycles. The predicted molar refractivity (Wildman–Crippen MR) is 43.3 cm³/mol. The van der Waals surface area contributed by atoms with Crippen molar-refractivity contribution in [3.8, 4) is 11.8 Å². The van der Waals surface area contributed by atoms with Gasteiger partial charge >= 0.3 is 4.59 Å². The van der Waals surface area contributed by atoms with Crippen molar-refractivity contribution in [3.63, 3.8) is 0 Å². The first-order valence-electron chi connectivity index (χ1n) is 2.69. The quantitative estimate of drug-likeness (QED) is 0.367.